The molecule has 0 aliphatic carbocycles. The van der Waals surface area contributed by atoms with Crippen LogP contribution < -0.4 is 9.46 Å². The maximum absolute atomic E-state index is 13.5. The quantitative estimate of drug-likeness (QED) is 0.843. The zero-order valence-electron chi connectivity index (χ0n) is 13.6. The minimum atomic E-state index is -4.05. The van der Waals surface area contributed by atoms with Crippen LogP contribution in [-0.4, -0.2) is 19.1 Å². The van der Waals surface area contributed by atoms with E-state index < -0.39 is 33.2 Å². The summed E-state index contributed by atoms with van der Waals surface area (Å²) < 4.78 is 47.3. The van der Waals surface area contributed by atoms with Crippen molar-refractivity contribution in [2.45, 2.75) is 36.8 Å². The Morgan fingerprint density at radius 1 is 1.32 bits per heavy atom. The lowest BCUT2D eigenvalue weighted by molar-refractivity contribution is 0.0697. The average molecular weight is 386 g/mol. The van der Waals surface area contributed by atoms with Gasteiger partial charge in [-0.1, -0.05) is 23.7 Å². The van der Waals surface area contributed by atoms with Gasteiger partial charge in [0.15, 0.2) is 5.75 Å². The summed E-state index contributed by atoms with van der Waals surface area (Å²) in [5.41, 5.74) is -0.157. The first kappa shape index (κ1) is 18.0. The molecule has 1 atom stereocenters. The normalized spacial score (nSPS) is 19.1. The van der Waals surface area contributed by atoms with Gasteiger partial charge in [-0.25, -0.2) is 17.5 Å². The lowest BCUT2D eigenvalue weighted by Gasteiger charge is -2.37. The molecule has 1 heterocycles. The van der Waals surface area contributed by atoms with Gasteiger partial charge in [0.25, 0.3) is 0 Å². The van der Waals surface area contributed by atoms with Gasteiger partial charge in [0.1, 0.15) is 22.1 Å². The Labute approximate surface area is 150 Å². The van der Waals surface area contributed by atoms with Crippen molar-refractivity contribution >= 4 is 21.6 Å². The summed E-state index contributed by atoms with van der Waals surface area (Å²) in [5.74, 6) is -0.688. The van der Waals surface area contributed by atoms with Gasteiger partial charge >= 0.3 is 0 Å². The fraction of sp³-hybridized carbons (Fsp3) is 0.294. The molecule has 0 bridgehead atoms. The maximum Gasteiger partial charge on any atom is 0.244 e. The highest BCUT2D eigenvalue weighted by atomic mass is 35.5. The molecule has 0 saturated carbocycles. The third kappa shape index (κ3) is 3.58. The molecule has 2 N–H and O–H groups in total. The third-order valence-corrected chi connectivity index (χ3v) is 5.78. The van der Waals surface area contributed by atoms with Crippen LogP contribution >= 0.6 is 11.6 Å². The molecule has 134 valence electrons. The fourth-order valence-electron chi connectivity index (χ4n) is 2.89. The van der Waals surface area contributed by atoms with Crippen molar-refractivity contribution in [3.05, 3.63) is 52.8 Å². The molecular weight excluding hydrogens is 369 g/mol. The number of phenolic OH excluding ortho intramolecular Hbond substituents is 1. The van der Waals surface area contributed by atoms with Crippen molar-refractivity contribution in [1.29, 1.82) is 0 Å². The van der Waals surface area contributed by atoms with Gasteiger partial charge in [0.2, 0.25) is 10.0 Å². The van der Waals surface area contributed by atoms with E-state index in [1.54, 1.807) is 13.8 Å². The van der Waals surface area contributed by atoms with Crippen molar-refractivity contribution < 1.29 is 22.7 Å². The second-order valence-corrected chi connectivity index (χ2v) is 8.60. The van der Waals surface area contributed by atoms with Crippen molar-refractivity contribution in [3.63, 3.8) is 0 Å². The zero-order valence-corrected chi connectivity index (χ0v) is 15.2. The first-order chi connectivity index (χ1) is 11.6. The van der Waals surface area contributed by atoms with E-state index in [2.05, 4.69) is 4.72 Å². The molecule has 3 rings (SSSR count). The molecule has 5 nitrogen and oxygen atoms in total. The minimum Gasteiger partial charge on any atom is -0.505 e. The number of sulfonamides is 1. The van der Waals surface area contributed by atoms with E-state index in [0.717, 1.165) is 0 Å². The maximum atomic E-state index is 13.5. The Morgan fingerprint density at radius 2 is 2.04 bits per heavy atom. The highest BCUT2D eigenvalue weighted by Gasteiger charge is 2.36. The van der Waals surface area contributed by atoms with E-state index in [1.807, 2.05) is 0 Å². The number of ether oxygens (including phenoxy) is 1. The molecule has 0 fully saturated rings. The standard InChI is InChI=1S/C17H17ClFNO4S/c1-17(2)9-13(11-7-6-10(19)8-14(11)24-17)20-25(22,23)15-5-3-4-12(18)16(15)21/h3-8,13,20-21H,9H2,1-2H3. The van der Waals surface area contributed by atoms with Gasteiger partial charge in [-0.15, -0.1) is 0 Å². The molecule has 2 aromatic rings. The highest BCUT2D eigenvalue weighted by Crippen LogP contribution is 2.41. The van der Waals surface area contributed by atoms with Gasteiger partial charge in [-0.2, -0.15) is 0 Å². The number of para-hydroxylation sites is 1. The molecule has 2 aromatic carbocycles. The molecule has 1 aliphatic heterocycles. The smallest absolute Gasteiger partial charge is 0.244 e. The first-order valence-corrected chi connectivity index (χ1v) is 9.43. The molecular formula is C17H17ClFNO4S. The summed E-state index contributed by atoms with van der Waals surface area (Å²) in [6.45, 7) is 3.58. The van der Waals surface area contributed by atoms with Crippen molar-refractivity contribution in [2.24, 2.45) is 0 Å². The number of phenols is 1. The topological polar surface area (TPSA) is 75.6 Å². The molecule has 1 unspecified atom stereocenters. The van der Waals surface area contributed by atoms with E-state index in [4.69, 9.17) is 16.3 Å². The summed E-state index contributed by atoms with van der Waals surface area (Å²) in [5, 5.41) is 9.91. The van der Waals surface area contributed by atoms with Crippen LogP contribution in [0.2, 0.25) is 5.02 Å². The van der Waals surface area contributed by atoms with Crippen molar-refractivity contribution in [3.8, 4) is 11.5 Å². The third-order valence-electron chi connectivity index (χ3n) is 3.97. The number of aromatic hydroxyl groups is 1. The summed E-state index contributed by atoms with van der Waals surface area (Å²) >= 11 is 5.80. The molecule has 1 aliphatic rings. The van der Waals surface area contributed by atoms with E-state index in [9.17, 15) is 17.9 Å². The van der Waals surface area contributed by atoms with Crippen LogP contribution in [-0.2, 0) is 10.0 Å². The van der Waals surface area contributed by atoms with Crippen LogP contribution in [0.25, 0.3) is 0 Å². The van der Waals surface area contributed by atoms with E-state index in [-0.39, 0.29) is 9.92 Å². The predicted octanol–water partition coefficient (Wildman–Crippen LogP) is 3.77. The van der Waals surface area contributed by atoms with Crippen molar-refractivity contribution in [1.82, 2.24) is 4.72 Å². The van der Waals surface area contributed by atoms with Gasteiger partial charge in [0, 0.05) is 18.1 Å². The first-order valence-electron chi connectivity index (χ1n) is 7.57. The number of rotatable bonds is 3. The largest absolute Gasteiger partial charge is 0.505 e. The Hall–Kier alpha value is -1.83. The number of halogens is 2. The Balaban J connectivity index is 2.01. The van der Waals surface area contributed by atoms with Gasteiger partial charge < -0.3 is 9.84 Å². The number of benzene rings is 2. The molecule has 0 spiro atoms. The van der Waals surface area contributed by atoms with E-state index in [1.165, 1.54) is 36.4 Å². The Kier molecular flexibility index (Phi) is 4.43. The van der Waals surface area contributed by atoms with Crippen molar-refractivity contribution in [2.75, 3.05) is 0 Å². The highest BCUT2D eigenvalue weighted by molar-refractivity contribution is 7.89. The predicted molar refractivity (Wildman–Crippen MR) is 91.9 cm³/mol. The summed E-state index contributed by atoms with van der Waals surface area (Å²) in [4.78, 5) is -0.312. The lowest BCUT2D eigenvalue weighted by atomic mass is 9.90. The molecule has 8 heteroatoms. The zero-order chi connectivity index (χ0) is 18.4. The van der Waals surface area contributed by atoms with Crippen LogP contribution in [0.15, 0.2) is 41.3 Å². The number of nitrogens with one attached hydrogen (secondary N) is 1. The SMILES string of the molecule is CC1(C)CC(NS(=O)(=O)c2cccc(Cl)c2O)c2ccc(F)cc2O1. The monoisotopic (exact) mass is 385 g/mol. The average Bonchev–Trinajstić information content (AvgIpc) is 2.47. The summed E-state index contributed by atoms with van der Waals surface area (Å²) in [6.07, 6.45) is 0.339. The summed E-state index contributed by atoms with van der Waals surface area (Å²) in [7, 11) is -4.05. The van der Waals surface area contributed by atoms with Gasteiger partial charge in [0.05, 0.1) is 11.1 Å². The molecule has 0 saturated heterocycles. The van der Waals surface area contributed by atoms with E-state index in [0.29, 0.717) is 17.7 Å². The minimum absolute atomic E-state index is 0.0577. The second kappa shape index (κ2) is 6.16. The molecule has 25 heavy (non-hydrogen) atoms. The Bertz CT molecular complexity index is 930. The number of hydrogen-bond acceptors (Lipinski definition) is 4. The van der Waals surface area contributed by atoms with Crippen LogP contribution in [0.5, 0.6) is 11.5 Å². The summed E-state index contributed by atoms with van der Waals surface area (Å²) in [6, 6.07) is 7.43. The second-order valence-electron chi connectivity index (χ2n) is 6.51. The Morgan fingerprint density at radius 3 is 2.76 bits per heavy atom. The molecule has 0 aromatic heterocycles. The lowest BCUT2D eigenvalue weighted by Crippen LogP contribution is -2.41. The van der Waals surface area contributed by atoms with E-state index >= 15 is 0 Å². The molecule has 0 radical (unpaired) electrons. The van der Waals surface area contributed by atoms with Crippen LogP contribution in [0.4, 0.5) is 4.39 Å². The van der Waals surface area contributed by atoms with Crippen LogP contribution in [0.3, 0.4) is 0 Å². The van der Waals surface area contributed by atoms with Gasteiger partial charge in [-0.05, 0) is 32.0 Å². The number of fused-ring (bicyclic) bond motifs is 1. The van der Waals surface area contributed by atoms with Crippen LogP contribution in [0.1, 0.15) is 31.9 Å². The number of hydrogen-bond donors (Lipinski definition) is 2. The van der Waals surface area contributed by atoms with Crippen LogP contribution in [0, 0.1) is 5.82 Å². The molecule has 0 amide bonds. The van der Waals surface area contributed by atoms with Gasteiger partial charge in [-0.3, -0.25) is 0 Å². The fourth-order valence-corrected chi connectivity index (χ4v) is 4.46.